The summed E-state index contributed by atoms with van der Waals surface area (Å²) in [6.07, 6.45) is 71.7. The Morgan fingerprint density at radius 2 is 0.554 bits per heavy atom. The minimum absolute atomic E-state index is 0.0362. The standard InChI is InChI=1S/C81H161N3O8/c1-6-11-16-21-26-31-36-38-40-45-50-55-62-76(69-77(85)72-84(74-80(88)91-67-60-53-48-43-34-29-24-19-14-9-4)75-81(89)92-68-61-54-49-44-35-30-25-20-15-10-5)63-56-58-65-83(64-57-51-46-41-39-37-32-27-22-17-12-7-2)73-78(86)70-82-71-79(87)90-66-59-52-47-42-33-28-23-18-13-8-3/h76-78,82,85-86H,6-75H2,1-5H3. The average Bonchev–Trinajstić information content (AvgIpc) is 2.33. The lowest BCUT2D eigenvalue weighted by molar-refractivity contribution is -0.149. The first-order valence-electron chi connectivity index (χ1n) is 41.2. The van der Waals surface area contributed by atoms with Crippen molar-refractivity contribution in [2.75, 3.05) is 72.2 Å². The fourth-order valence-corrected chi connectivity index (χ4v) is 13.4. The van der Waals surface area contributed by atoms with E-state index in [4.69, 9.17) is 14.2 Å². The molecule has 0 aromatic carbocycles. The van der Waals surface area contributed by atoms with Crippen LogP contribution in [0.2, 0.25) is 0 Å². The van der Waals surface area contributed by atoms with Crippen LogP contribution in [0.3, 0.4) is 0 Å². The number of nitrogens with zero attached hydrogens (tertiary/aromatic N) is 2. The molecule has 11 nitrogen and oxygen atoms in total. The molecule has 3 N–H and O–H groups in total. The molecule has 0 spiro atoms. The van der Waals surface area contributed by atoms with Crippen molar-refractivity contribution in [2.24, 2.45) is 5.92 Å². The first kappa shape index (κ1) is 90.2. The first-order valence-corrected chi connectivity index (χ1v) is 41.2. The number of aliphatic hydroxyl groups is 2. The summed E-state index contributed by atoms with van der Waals surface area (Å²) < 4.78 is 17.1. The number of hydrogen-bond acceptors (Lipinski definition) is 11. The molecule has 0 aromatic rings. The second-order valence-corrected chi connectivity index (χ2v) is 28.8. The van der Waals surface area contributed by atoms with Gasteiger partial charge in [-0.1, -0.05) is 375 Å². The fourth-order valence-electron chi connectivity index (χ4n) is 13.4. The van der Waals surface area contributed by atoms with Gasteiger partial charge >= 0.3 is 17.9 Å². The maximum atomic E-state index is 13.4. The monoisotopic (exact) mass is 1300 g/mol. The van der Waals surface area contributed by atoms with Gasteiger partial charge in [0, 0.05) is 19.6 Å². The second kappa shape index (κ2) is 75.0. The van der Waals surface area contributed by atoms with Crippen LogP contribution in [0, 0.1) is 5.92 Å². The lowest BCUT2D eigenvalue weighted by Gasteiger charge is -2.27. The maximum Gasteiger partial charge on any atom is 0.320 e. The Bertz CT molecular complexity index is 1450. The van der Waals surface area contributed by atoms with Crippen molar-refractivity contribution >= 4 is 17.9 Å². The van der Waals surface area contributed by atoms with Gasteiger partial charge in [-0.2, -0.15) is 0 Å². The van der Waals surface area contributed by atoms with Crippen LogP contribution in [0.5, 0.6) is 0 Å². The van der Waals surface area contributed by atoms with Gasteiger partial charge in [-0.05, 0) is 57.5 Å². The average molecular weight is 1310 g/mol. The van der Waals surface area contributed by atoms with E-state index < -0.39 is 12.2 Å². The van der Waals surface area contributed by atoms with Crippen molar-refractivity contribution in [3.63, 3.8) is 0 Å². The zero-order chi connectivity index (χ0) is 66.9. The van der Waals surface area contributed by atoms with Crippen LogP contribution in [-0.4, -0.2) is 122 Å². The van der Waals surface area contributed by atoms with Crippen molar-refractivity contribution in [1.82, 2.24) is 15.1 Å². The van der Waals surface area contributed by atoms with Crippen LogP contribution < -0.4 is 5.32 Å². The summed E-state index contributed by atoms with van der Waals surface area (Å²) in [5.74, 6) is -0.595. The molecule has 0 aliphatic heterocycles. The van der Waals surface area contributed by atoms with E-state index in [1.165, 1.54) is 283 Å². The molecule has 0 rings (SSSR count). The van der Waals surface area contributed by atoms with Gasteiger partial charge in [0.2, 0.25) is 0 Å². The molecule has 0 bridgehead atoms. The molecule has 0 aromatic heterocycles. The number of aliphatic hydroxyl groups excluding tert-OH is 2. The van der Waals surface area contributed by atoms with E-state index in [0.717, 1.165) is 103 Å². The second-order valence-electron chi connectivity index (χ2n) is 28.8. The van der Waals surface area contributed by atoms with Gasteiger partial charge in [-0.25, -0.2) is 0 Å². The van der Waals surface area contributed by atoms with E-state index in [-0.39, 0.29) is 44.1 Å². The largest absolute Gasteiger partial charge is 0.465 e. The van der Waals surface area contributed by atoms with Gasteiger partial charge < -0.3 is 34.6 Å². The van der Waals surface area contributed by atoms with Crippen LogP contribution >= 0.6 is 0 Å². The van der Waals surface area contributed by atoms with E-state index in [1.54, 1.807) is 4.90 Å². The Balaban J connectivity index is 5.78. The third-order valence-corrected chi connectivity index (χ3v) is 19.3. The molecule has 548 valence electrons. The molecule has 0 amide bonds. The van der Waals surface area contributed by atoms with Crippen LogP contribution in [0.15, 0.2) is 0 Å². The Hall–Kier alpha value is -1.79. The van der Waals surface area contributed by atoms with Gasteiger partial charge in [-0.15, -0.1) is 0 Å². The molecular formula is C81H161N3O8. The van der Waals surface area contributed by atoms with Crippen molar-refractivity contribution in [2.45, 2.75) is 426 Å². The number of hydrogen-bond donors (Lipinski definition) is 3. The normalized spacial score (nSPS) is 12.8. The van der Waals surface area contributed by atoms with E-state index >= 15 is 0 Å². The molecule has 92 heavy (non-hydrogen) atoms. The van der Waals surface area contributed by atoms with Gasteiger partial charge in [0.05, 0.1) is 51.7 Å². The molecule has 0 fully saturated rings. The van der Waals surface area contributed by atoms with Crippen LogP contribution in [0.25, 0.3) is 0 Å². The molecule has 11 heteroatoms. The SMILES string of the molecule is CCCCCCCCCCCCCCC(CCCCN(CCCCCCCCCCCCCC)CC(O)CNCC(=O)OCCCCCCCCCCCC)CC(O)CN(CC(=O)OCCCCCCCCCCCC)CC(=O)OCCCCCCCCCCCC. The highest BCUT2D eigenvalue weighted by atomic mass is 16.5. The lowest BCUT2D eigenvalue weighted by Crippen LogP contribution is -2.41. The zero-order valence-electron chi connectivity index (χ0n) is 62.5. The number of esters is 3. The summed E-state index contributed by atoms with van der Waals surface area (Å²) in [7, 11) is 0. The van der Waals surface area contributed by atoms with Gasteiger partial charge in [0.25, 0.3) is 0 Å². The Morgan fingerprint density at radius 3 is 0.880 bits per heavy atom. The summed E-state index contributed by atoms with van der Waals surface area (Å²) in [6.45, 7) is 15.6. The number of ether oxygens (including phenoxy) is 3. The number of nitrogens with one attached hydrogen (secondary N) is 1. The molecule has 0 saturated carbocycles. The van der Waals surface area contributed by atoms with Crippen LogP contribution in [-0.2, 0) is 28.6 Å². The molecule has 0 aliphatic rings. The predicted molar refractivity (Wildman–Crippen MR) is 395 cm³/mol. The smallest absolute Gasteiger partial charge is 0.320 e. The lowest BCUT2D eigenvalue weighted by atomic mass is 9.89. The van der Waals surface area contributed by atoms with Gasteiger partial charge in [0.15, 0.2) is 0 Å². The maximum absolute atomic E-state index is 13.4. The van der Waals surface area contributed by atoms with E-state index in [0.29, 0.717) is 45.2 Å². The summed E-state index contributed by atoms with van der Waals surface area (Å²) in [5, 5.41) is 26.5. The highest BCUT2D eigenvalue weighted by Gasteiger charge is 2.23. The summed E-state index contributed by atoms with van der Waals surface area (Å²) in [5.41, 5.74) is 0. The molecule has 3 unspecified atom stereocenters. The Labute approximate surface area is 572 Å². The minimum atomic E-state index is -0.691. The van der Waals surface area contributed by atoms with Crippen LogP contribution in [0.1, 0.15) is 413 Å². The third-order valence-electron chi connectivity index (χ3n) is 19.3. The van der Waals surface area contributed by atoms with Crippen LogP contribution in [0.4, 0.5) is 0 Å². The predicted octanol–water partition coefficient (Wildman–Crippen LogP) is 22.3. The van der Waals surface area contributed by atoms with Gasteiger partial charge in [-0.3, -0.25) is 19.3 Å². The fraction of sp³-hybridized carbons (Fsp3) is 0.963. The molecule has 0 saturated heterocycles. The van der Waals surface area contributed by atoms with Gasteiger partial charge in [0.1, 0.15) is 0 Å². The summed E-state index contributed by atoms with van der Waals surface area (Å²) >= 11 is 0. The summed E-state index contributed by atoms with van der Waals surface area (Å²) in [6, 6.07) is 0. The third kappa shape index (κ3) is 69.6. The Kier molecular flexibility index (Phi) is 73.5. The number of carbonyl (C=O) groups excluding carboxylic acids is 3. The Morgan fingerprint density at radius 1 is 0.304 bits per heavy atom. The highest BCUT2D eigenvalue weighted by Crippen LogP contribution is 2.25. The quantitative estimate of drug-likeness (QED) is 0.0305. The van der Waals surface area contributed by atoms with E-state index in [9.17, 15) is 24.6 Å². The molecule has 0 radical (unpaired) electrons. The first-order chi connectivity index (χ1) is 45.2. The van der Waals surface area contributed by atoms with E-state index in [1.807, 2.05) is 0 Å². The molecule has 0 aliphatic carbocycles. The highest BCUT2D eigenvalue weighted by molar-refractivity contribution is 5.75. The van der Waals surface area contributed by atoms with Crippen molar-refractivity contribution < 1.29 is 38.8 Å². The minimum Gasteiger partial charge on any atom is -0.465 e. The topological polar surface area (TPSA) is 138 Å². The molecular weight excluding hydrogens is 1140 g/mol. The number of carbonyl (C=O) groups is 3. The van der Waals surface area contributed by atoms with Crippen molar-refractivity contribution in [1.29, 1.82) is 0 Å². The molecule has 3 atom stereocenters. The summed E-state index contributed by atoms with van der Waals surface area (Å²) in [4.78, 5) is 43.7. The molecule has 0 heterocycles. The number of unbranched alkanes of at least 4 members (excludes halogenated alkanes) is 50. The zero-order valence-corrected chi connectivity index (χ0v) is 62.5. The van der Waals surface area contributed by atoms with Crippen molar-refractivity contribution in [3.8, 4) is 0 Å². The van der Waals surface area contributed by atoms with E-state index in [2.05, 4.69) is 44.8 Å². The van der Waals surface area contributed by atoms with Crippen molar-refractivity contribution in [3.05, 3.63) is 0 Å². The number of rotatable bonds is 78.